The maximum Gasteiger partial charge on any atom is 0.194 e. The molecule has 1 fully saturated rings. The number of imidazole rings is 1. The second-order valence-corrected chi connectivity index (χ2v) is 7.23. The highest BCUT2D eigenvalue weighted by Crippen LogP contribution is 2.21. The number of aromatic nitrogens is 2. The van der Waals surface area contributed by atoms with Gasteiger partial charge < -0.3 is 14.8 Å². The minimum atomic E-state index is 0. The van der Waals surface area contributed by atoms with E-state index in [1.807, 2.05) is 13.1 Å². The average Bonchev–Trinajstić information content (AvgIpc) is 2.92. The van der Waals surface area contributed by atoms with Crippen molar-refractivity contribution in [3.63, 3.8) is 0 Å². The Balaban J connectivity index is 0.00000208. The summed E-state index contributed by atoms with van der Waals surface area (Å²) >= 11 is 2.07. The first-order valence-electron chi connectivity index (χ1n) is 8.20. The van der Waals surface area contributed by atoms with E-state index in [-0.39, 0.29) is 24.0 Å². The number of benzene rings is 1. The zero-order chi connectivity index (χ0) is 16.2. The van der Waals surface area contributed by atoms with Gasteiger partial charge in [0.25, 0.3) is 0 Å². The summed E-state index contributed by atoms with van der Waals surface area (Å²) in [6.45, 7) is 5.09. The fraction of sp³-hybridized carbons (Fsp3) is 0.529. The molecule has 24 heavy (non-hydrogen) atoms. The Hall–Kier alpha value is -0.960. The van der Waals surface area contributed by atoms with Crippen LogP contribution in [0.3, 0.4) is 0 Å². The van der Waals surface area contributed by atoms with E-state index in [4.69, 9.17) is 4.98 Å². The number of nitrogens with one attached hydrogen (secondary N) is 1. The molecule has 0 amide bonds. The smallest absolute Gasteiger partial charge is 0.194 e. The van der Waals surface area contributed by atoms with Crippen molar-refractivity contribution in [1.82, 2.24) is 19.8 Å². The SMILES string of the molecule is CCC1CN(C(=NC)NCc2nc3ccccc3n2C)CCS1.I. The van der Waals surface area contributed by atoms with Gasteiger partial charge in [0.1, 0.15) is 5.82 Å². The van der Waals surface area contributed by atoms with Crippen molar-refractivity contribution in [2.45, 2.75) is 25.1 Å². The maximum absolute atomic E-state index is 4.72. The Morgan fingerprint density at radius 2 is 2.21 bits per heavy atom. The Morgan fingerprint density at radius 1 is 1.42 bits per heavy atom. The van der Waals surface area contributed by atoms with Gasteiger partial charge in [0.05, 0.1) is 17.6 Å². The minimum Gasteiger partial charge on any atom is -0.349 e. The number of aliphatic imine (C=N–C) groups is 1. The van der Waals surface area contributed by atoms with Crippen LogP contribution in [0.2, 0.25) is 0 Å². The normalized spacial score (nSPS) is 18.5. The number of halogens is 1. The number of hydrogen-bond donors (Lipinski definition) is 1. The average molecular weight is 459 g/mol. The molecule has 1 saturated heterocycles. The Morgan fingerprint density at radius 3 is 2.92 bits per heavy atom. The quantitative estimate of drug-likeness (QED) is 0.436. The minimum absolute atomic E-state index is 0. The Labute approximate surface area is 165 Å². The van der Waals surface area contributed by atoms with Gasteiger partial charge in [-0.15, -0.1) is 24.0 Å². The van der Waals surface area contributed by atoms with Crippen LogP contribution in [0.25, 0.3) is 11.0 Å². The number of thioether (sulfide) groups is 1. The molecule has 1 aliphatic rings. The highest BCUT2D eigenvalue weighted by molar-refractivity contribution is 14.0. The van der Waals surface area contributed by atoms with Crippen LogP contribution in [0.4, 0.5) is 0 Å². The summed E-state index contributed by atoms with van der Waals surface area (Å²) in [5, 5.41) is 4.19. The van der Waals surface area contributed by atoms with Crippen molar-refractivity contribution >= 4 is 52.7 Å². The third-order valence-corrected chi connectivity index (χ3v) is 5.76. The highest BCUT2D eigenvalue weighted by atomic mass is 127. The molecule has 1 N–H and O–H groups in total. The molecule has 1 atom stereocenters. The van der Waals surface area contributed by atoms with Gasteiger partial charge in [-0.3, -0.25) is 4.99 Å². The van der Waals surface area contributed by atoms with E-state index in [0.29, 0.717) is 11.8 Å². The lowest BCUT2D eigenvalue weighted by molar-refractivity contribution is 0.407. The highest BCUT2D eigenvalue weighted by Gasteiger charge is 2.21. The molecule has 0 spiro atoms. The van der Waals surface area contributed by atoms with E-state index in [9.17, 15) is 0 Å². The number of hydrogen-bond acceptors (Lipinski definition) is 3. The van der Waals surface area contributed by atoms with Crippen molar-refractivity contribution in [3.05, 3.63) is 30.1 Å². The number of guanidine groups is 1. The molecule has 0 radical (unpaired) electrons. The summed E-state index contributed by atoms with van der Waals surface area (Å²) in [6, 6.07) is 8.24. The largest absolute Gasteiger partial charge is 0.349 e. The first-order chi connectivity index (χ1) is 11.2. The van der Waals surface area contributed by atoms with Gasteiger partial charge in [-0.2, -0.15) is 11.8 Å². The predicted molar refractivity (Wildman–Crippen MR) is 114 cm³/mol. The third-order valence-electron chi connectivity index (χ3n) is 4.39. The standard InChI is InChI=1S/C17H25N5S.HI/c1-4-13-12-22(9-10-23-13)17(18-2)19-11-16-20-14-7-5-6-8-15(14)21(16)3;/h5-8,13H,4,9-12H2,1-3H3,(H,18,19);1H. The molecule has 0 bridgehead atoms. The van der Waals surface area contributed by atoms with E-state index in [0.717, 1.165) is 30.4 Å². The molecule has 5 nitrogen and oxygen atoms in total. The number of nitrogens with zero attached hydrogens (tertiary/aromatic N) is 4. The Bertz CT molecular complexity index is 699. The number of para-hydroxylation sites is 2. The predicted octanol–water partition coefficient (Wildman–Crippen LogP) is 3.09. The van der Waals surface area contributed by atoms with Crippen molar-refractivity contribution in [3.8, 4) is 0 Å². The first kappa shape index (κ1) is 19.4. The van der Waals surface area contributed by atoms with Gasteiger partial charge >= 0.3 is 0 Å². The number of rotatable bonds is 3. The fourth-order valence-electron chi connectivity index (χ4n) is 3.00. The molecule has 2 heterocycles. The van der Waals surface area contributed by atoms with Crippen LogP contribution in [0.5, 0.6) is 0 Å². The molecule has 0 aliphatic carbocycles. The van der Waals surface area contributed by atoms with Gasteiger partial charge in [0.15, 0.2) is 5.96 Å². The van der Waals surface area contributed by atoms with Crippen LogP contribution in [0.1, 0.15) is 19.2 Å². The second-order valence-electron chi connectivity index (χ2n) is 5.82. The number of fused-ring (bicyclic) bond motifs is 1. The van der Waals surface area contributed by atoms with E-state index >= 15 is 0 Å². The summed E-state index contributed by atoms with van der Waals surface area (Å²) in [4.78, 5) is 11.6. The van der Waals surface area contributed by atoms with Crippen molar-refractivity contribution in [1.29, 1.82) is 0 Å². The van der Waals surface area contributed by atoms with E-state index < -0.39 is 0 Å². The molecule has 7 heteroatoms. The summed E-state index contributed by atoms with van der Waals surface area (Å²) in [7, 11) is 3.93. The van der Waals surface area contributed by atoms with Crippen molar-refractivity contribution in [2.75, 3.05) is 25.9 Å². The van der Waals surface area contributed by atoms with Crippen LogP contribution in [0.15, 0.2) is 29.3 Å². The van der Waals surface area contributed by atoms with E-state index in [2.05, 4.69) is 63.7 Å². The summed E-state index contributed by atoms with van der Waals surface area (Å²) in [5.41, 5.74) is 2.21. The monoisotopic (exact) mass is 459 g/mol. The van der Waals surface area contributed by atoms with Gasteiger partial charge in [-0.05, 0) is 18.6 Å². The van der Waals surface area contributed by atoms with Gasteiger partial charge in [0, 0.05) is 38.2 Å². The molecular weight excluding hydrogens is 433 g/mol. The lowest BCUT2D eigenvalue weighted by atomic mass is 10.3. The fourth-order valence-corrected chi connectivity index (χ4v) is 4.18. The molecule has 0 saturated carbocycles. The Kier molecular flexibility index (Phi) is 7.21. The van der Waals surface area contributed by atoms with E-state index in [1.165, 1.54) is 17.7 Å². The molecule has 1 unspecified atom stereocenters. The van der Waals surface area contributed by atoms with Crippen LogP contribution in [0, 0.1) is 0 Å². The van der Waals surface area contributed by atoms with E-state index in [1.54, 1.807) is 0 Å². The molecule has 3 rings (SSSR count). The van der Waals surface area contributed by atoms with Crippen LogP contribution < -0.4 is 5.32 Å². The zero-order valence-electron chi connectivity index (χ0n) is 14.5. The molecular formula is C17H26IN5S. The molecule has 2 aromatic rings. The second kappa shape index (κ2) is 8.94. The molecule has 132 valence electrons. The molecule has 1 aromatic heterocycles. The zero-order valence-corrected chi connectivity index (χ0v) is 17.7. The topological polar surface area (TPSA) is 45.4 Å². The third kappa shape index (κ3) is 4.17. The molecule has 1 aromatic carbocycles. The molecule has 1 aliphatic heterocycles. The van der Waals surface area contributed by atoms with Crippen LogP contribution >= 0.6 is 35.7 Å². The maximum atomic E-state index is 4.72. The number of aryl methyl sites for hydroxylation is 1. The first-order valence-corrected chi connectivity index (χ1v) is 9.25. The lowest BCUT2D eigenvalue weighted by Gasteiger charge is -2.34. The van der Waals surface area contributed by atoms with Gasteiger partial charge in [0.2, 0.25) is 0 Å². The van der Waals surface area contributed by atoms with Crippen LogP contribution in [-0.2, 0) is 13.6 Å². The van der Waals surface area contributed by atoms with Crippen molar-refractivity contribution in [2.24, 2.45) is 12.0 Å². The summed E-state index contributed by atoms with van der Waals surface area (Å²) in [6.07, 6.45) is 1.21. The van der Waals surface area contributed by atoms with Gasteiger partial charge in [-0.1, -0.05) is 19.1 Å². The van der Waals surface area contributed by atoms with Crippen molar-refractivity contribution < 1.29 is 0 Å². The summed E-state index contributed by atoms with van der Waals surface area (Å²) in [5.74, 6) is 3.19. The van der Waals surface area contributed by atoms with Crippen LogP contribution in [-0.4, -0.2) is 51.6 Å². The summed E-state index contributed by atoms with van der Waals surface area (Å²) < 4.78 is 2.15. The van der Waals surface area contributed by atoms with Gasteiger partial charge in [-0.25, -0.2) is 4.98 Å². The lowest BCUT2D eigenvalue weighted by Crippen LogP contribution is -2.47.